The molecule has 0 unspecified atom stereocenters. The number of benzene rings is 4. The number of hydrogen-bond donors (Lipinski definition) is 3. The molecule has 0 radical (unpaired) electrons. The normalized spacial score (nSPS) is 13.1. The Balaban J connectivity index is 1.23. The van der Waals surface area contributed by atoms with E-state index in [1.165, 1.54) is 6.08 Å². The van der Waals surface area contributed by atoms with Crippen molar-refractivity contribution in [3.8, 4) is 5.69 Å². The molecule has 6 aromatic rings. The highest BCUT2D eigenvalue weighted by Crippen LogP contribution is 2.30. The maximum absolute atomic E-state index is 12.1. The molecule has 3 N–H and O–H groups in total. The van der Waals surface area contributed by atoms with Crippen LogP contribution in [0.15, 0.2) is 128 Å². The number of fused-ring (bicyclic) bond motifs is 1. The Morgan fingerprint density at radius 2 is 1.51 bits per heavy atom. The fourth-order valence-electron chi connectivity index (χ4n) is 6.07. The van der Waals surface area contributed by atoms with E-state index in [1.807, 2.05) is 77.4 Å². The van der Waals surface area contributed by atoms with E-state index >= 15 is 0 Å². The fraction of sp³-hybridized carbons (Fsp3) is 0.200. The van der Waals surface area contributed by atoms with E-state index < -0.39 is 0 Å². The van der Waals surface area contributed by atoms with Gasteiger partial charge in [-0.2, -0.15) is 9.97 Å². The first-order chi connectivity index (χ1) is 25.1. The zero-order chi connectivity index (χ0) is 34.8. The quantitative estimate of drug-likeness (QED) is 0.109. The average Bonchev–Trinajstić information content (AvgIpc) is 3.60. The predicted octanol–water partition coefficient (Wildman–Crippen LogP) is 6.63. The molecule has 0 aliphatic carbocycles. The Morgan fingerprint density at radius 3 is 2.20 bits per heavy atom. The van der Waals surface area contributed by atoms with Crippen LogP contribution in [0.4, 0.5) is 28.8 Å². The highest BCUT2D eigenvalue weighted by molar-refractivity contribution is 5.99. The van der Waals surface area contributed by atoms with Crippen molar-refractivity contribution in [3.05, 3.63) is 139 Å². The summed E-state index contributed by atoms with van der Waals surface area (Å²) in [6, 6.07) is 36.4. The third-order valence-electron chi connectivity index (χ3n) is 8.69. The molecule has 11 nitrogen and oxygen atoms in total. The first kappa shape index (κ1) is 33.5. The molecule has 4 aromatic carbocycles. The van der Waals surface area contributed by atoms with Gasteiger partial charge in [0.25, 0.3) is 0 Å². The number of nitrogens with one attached hydrogen (secondary N) is 3. The number of morpholine rings is 1. The van der Waals surface area contributed by atoms with Crippen LogP contribution in [0.3, 0.4) is 0 Å². The standard InChI is InChI=1S/C40H41N9O2/c1-2-36(50)43-34-14-9-15-35(26-34)49-29-42-37-38(48(27-30-10-5-3-6-11-30)28-31-12-7-4-8-13-31)45-40(46-39(37)49)44-33-18-16-32(17-19-33)41-20-21-47-22-24-51-25-23-47/h2-19,26,29,41H,1,20-25,27-28H2,(H,43,50)(H,44,45,46). The summed E-state index contributed by atoms with van der Waals surface area (Å²) in [4.78, 5) is 31.7. The maximum atomic E-state index is 12.1. The third kappa shape index (κ3) is 8.58. The number of aromatic nitrogens is 4. The molecule has 1 amide bonds. The van der Waals surface area contributed by atoms with Crippen molar-refractivity contribution >= 4 is 45.9 Å². The van der Waals surface area contributed by atoms with E-state index in [-0.39, 0.29) is 5.91 Å². The van der Waals surface area contributed by atoms with Crippen molar-refractivity contribution in [2.75, 3.05) is 60.2 Å². The first-order valence-corrected chi connectivity index (χ1v) is 17.1. The molecule has 1 aliphatic rings. The van der Waals surface area contributed by atoms with Crippen LogP contribution in [0.1, 0.15) is 11.1 Å². The lowest BCUT2D eigenvalue weighted by atomic mass is 10.1. The molecular formula is C40H41N9O2. The molecule has 0 atom stereocenters. The number of ether oxygens (including phenoxy) is 1. The summed E-state index contributed by atoms with van der Waals surface area (Å²) in [7, 11) is 0. The van der Waals surface area contributed by atoms with Gasteiger partial charge in [0, 0.05) is 56.3 Å². The largest absolute Gasteiger partial charge is 0.384 e. The van der Waals surface area contributed by atoms with E-state index in [9.17, 15) is 4.79 Å². The summed E-state index contributed by atoms with van der Waals surface area (Å²) >= 11 is 0. The zero-order valence-electron chi connectivity index (χ0n) is 28.4. The molecule has 11 heteroatoms. The summed E-state index contributed by atoms with van der Waals surface area (Å²) in [5, 5.41) is 9.84. The third-order valence-corrected chi connectivity index (χ3v) is 8.69. The van der Waals surface area contributed by atoms with Gasteiger partial charge in [-0.25, -0.2) is 4.98 Å². The van der Waals surface area contributed by atoms with Crippen molar-refractivity contribution < 1.29 is 9.53 Å². The number of anilines is 5. The van der Waals surface area contributed by atoms with E-state index in [4.69, 9.17) is 19.7 Å². The molecule has 0 spiro atoms. The van der Waals surface area contributed by atoms with Crippen molar-refractivity contribution in [2.45, 2.75) is 13.1 Å². The lowest BCUT2D eigenvalue weighted by Gasteiger charge is -2.26. The van der Waals surface area contributed by atoms with Gasteiger partial charge in [-0.05, 0) is 59.7 Å². The van der Waals surface area contributed by atoms with Gasteiger partial charge < -0.3 is 25.6 Å². The fourth-order valence-corrected chi connectivity index (χ4v) is 6.07. The average molecular weight is 680 g/mol. The Morgan fingerprint density at radius 1 is 0.824 bits per heavy atom. The number of imidazole rings is 1. The molecule has 258 valence electrons. The second kappa shape index (κ2) is 16.1. The Bertz CT molecular complexity index is 2020. The van der Waals surface area contributed by atoms with Crippen molar-refractivity contribution in [3.63, 3.8) is 0 Å². The molecule has 2 aromatic heterocycles. The smallest absolute Gasteiger partial charge is 0.247 e. The van der Waals surface area contributed by atoms with Crippen LogP contribution in [0, 0.1) is 0 Å². The van der Waals surface area contributed by atoms with Gasteiger partial charge in [0.1, 0.15) is 6.33 Å². The van der Waals surface area contributed by atoms with Gasteiger partial charge in [-0.15, -0.1) is 0 Å². The lowest BCUT2D eigenvalue weighted by Crippen LogP contribution is -2.38. The van der Waals surface area contributed by atoms with Crippen molar-refractivity contribution in [2.24, 2.45) is 0 Å². The number of hydrogen-bond acceptors (Lipinski definition) is 9. The van der Waals surface area contributed by atoms with E-state index in [0.717, 1.165) is 67.6 Å². The minimum absolute atomic E-state index is 0.283. The molecule has 0 saturated carbocycles. The van der Waals surface area contributed by atoms with Gasteiger partial charge in [0.2, 0.25) is 11.9 Å². The lowest BCUT2D eigenvalue weighted by molar-refractivity contribution is -0.111. The molecule has 1 fully saturated rings. The van der Waals surface area contributed by atoms with E-state index in [2.05, 4.69) is 68.7 Å². The van der Waals surface area contributed by atoms with Gasteiger partial charge >= 0.3 is 0 Å². The molecule has 1 aliphatic heterocycles. The summed E-state index contributed by atoms with van der Waals surface area (Å²) in [5.74, 6) is 0.857. The van der Waals surface area contributed by atoms with Crippen molar-refractivity contribution in [1.82, 2.24) is 24.4 Å². The second-order valence-corrected chi connectivity index (χ2v) is 12.3. The summed E-state index contributed by atoms with van der Waals surface area (Å²) in [6.07, 6.45) is 3.00. The van der Waals surface area contributed by atoms with Gasteiger partial charge in [0.15, 0.2) is 17.0 Å². The van der Waals surface area contributed by atoms with Crippen LogP contribution in [-0.4, -0.2) is 69.7 Å². The van der Waals surface area contributed by atoms with Crippen LogP contribution >= 0.6 is 0 Å². The molecule has 51 heavy (non-hydrogen) atoms. The summed E-state index contributed by atoms with van der Waals surface area (Å²) in [6.45, 7) is 10.2. The molecule has 0 bridgehead atoms. The number of carbonyl (C=O) groups excluding carboxylic acids is 1. The van der Waals surface area contributed by atoms with Crippen LogP contribution in [0.2, 0.25) is 0 Å². The summed E-state index contributed by atoms with van der Waals surface area (Å²) in [5.41, 5.74) is 6.92. The minimum atomic E-state index is -0.283. The monoisotopic (exact) mass is 679 g/mol. The van der Waals surface area contributed by atoms with Crippen LogP contribution < -0.4 is 20.9 Å². The molecule has 1 saturated heterocycles. The Hall–Kier alpha value is -6.04. The topological polar surface area (TPSA) is 112 Å². The zero-order valence-corrected chi connectivity index (χ0v) is 28.4. The Kier molecular flexibility index (Phi) is 10.6. The van der Waals surface area contributed by atoms with Crippen LogP contribution in [0.25, 0.3) is 16.9 Å². The van der Waals surface area contributed by atoms with Crippen LogP contribution in [-0.2, 0) is 22.6 Å². The molecular weight excluding hydrogens is 639 g/mol. The predicted molar refractivity (Wildman–Crippen MR) is 204 cm³/mol. The number of carbonyl (C=O) groups is 1. The van der Waals surface area contributed by atoms with Crippen LogP contribution in [0.5, 0.6) is 0 Å². The number of nitrogens with zero attached hydrogens (tertiary/aromatic N) is 6. The highest BCUT2D eigenvalue weighted by Gasteiger charge is 2.21. The first-order valence-electron chi connectivity index (χ1n) is 17.1. The van der Waals surface area contributed by atoms with Gasteiger partial charge in [-0.1, -0.05) is 73.3 Å². The molecule has 3 heterocycles. The van der Waals surface area contributed by atoms with Crippen molar-refractivity contribution in [1.29, 1.82) is 0 Å². The van der Waals surface area contributed by atoms with E-state index in [0.29, 0.717) is 41.7 Å². The number of rotatable bonds is 14. The summed E-state index contributed by atoms with van der Waals surface area (Å²) < 4.78 is 7.38. The minimum Gasteiger partial charge on any atom is -0.384 e. The Labute approximate surface area is 297 Å². The second-order valence-electron chi connectivity index (χ2n) is 12.3. The van der Waals surface area contributed by atoms with E-state index in [1.54, 1.807) is 6.33 Å². The van der Waals surface area contributed by atoms with Gasteiger partial charge in [0.05, 0.1) is 18.9 Å². The molecule has 7 rings (SSSR count). The maximum Gasteiger partial charge on any atom is 0.247 e. The number of amides is 1. The highest BCUT2D eigenvalue weighted by atomic mass is 16.5. The van der Waals surface area contributed by atoms with Gasteiger partial charge in [-0.3, -0.25) is 14.3 Å². The SMILES string of the molecule is C=CC(=O)Nc1cccc(-n2cnc3c(N(Cc4ccccc4)Cc4ccccc4)nc(Nc4ccc(NCCN5CCOCC5)cc4)nc32)c1.